The second-order valence-electron chi connectivity index (χ2n) is 7.18. The van der Waals surface area contributed by atoms with Gasteiger partial charge >= 0.3 is 11.9 Å². The summed E-state index contributed by atoms with van der Waals surface area (Å²) in [6.45, 7) is 4.17. The summed E-state index contributed by atoms with van der Waals surface area (Å²) in [4.78, 5) is 36.5. The lowest BCUT2D eigenvalue weighted by Crippen LogP contribution is -2.64. The summed E-state index contributed by atoms with van der Waals surface area (Å²) in [6.07, 6.45) is 2.24. The lowest BCUT2D eigenvalue weighted by Gasteiger charge is -2.53. The fraction of sp³-hybridized carbons (Fsp3) is 0.800. The fourth-order valence-electron chi connectivity index (χ4n) is 5.55. The number of hydrogen-bond acceptors (Lipinski definition) is 5. The first-order chi connectivity index (χ1) is 9.36. The summed E-state index contributed by atoms with van der Waals surface area (Å²) in [6, 6.07) is 0. The maximum absolute atomic E-state index is 12.6. The van der Waals surface area contributed by atoms with Crippen LogP contribution in [-0.2, 0) is 23.9 Å². The topological polar surface area (TPSA) is 69.7 Å². The first-order valence-corrected chi connectivity index (χ1v) is 7.28. The summed E-state index contributed by atoms with van der Waals surface area (Å²) >= 11 is 0. The zero-order chi connectivity index (χ0) is 14.3. The molecular weight excluding hydrogens is 260 g/mol. The van der Waals surface area contributed by atoms with E-state index in [0.717, 1.165) is 12.8 Å². The van der Waals surface area contributed by atoms with Crippen LogP contribution in [0.2, 0.25) is 0 Å². The van der Waals surface area contributed by atoms with E-state index in [4.69, 9.17) is 9.47 Å². The van der Waals surface area contributed by atoms with Gasteiger partial charge in [0.1, 0.15) is 23.9 Å². The van der Waals surface area contributed by atoms with E-state index in [2.05, 4.69) is 6.92 Å². The Bertz CT molecular complexity index is 554. The number of Topliss-reactive ketones (excluding diaryl/α,β-unsaturated/α-hetero) is 1. The molecule has 4 rings (SSSR count). The van der Waals surface area contributed by atoms with E-state index in [1.165, 1.54) is 0 Å². The molecule has 0 radical (unpaired) electrons. The molecule has 20 heavy (non-hydrogen) atoms. The number of fused-ring (bicyclic) bond motifs is 1. The van der Waals surface area contributed by atoms with E-state index < -0.39 is 28.3 Å². The molecule has 4 aliphatic rings. The van der Waals surface area contributed by atoms with Gasteiger partial charge in [0, 0.05) is 11.8 Å². The smallest absolute Gasteiger partial charge is 0.317 e. The maximum atomic E-state index is 12.6. The van der Waals surface area contributed by atoms with Gasteiger partial charge in [-0.05, 0) is 18.8 Å². The number of carbonyl (C=O) groups excluding carboxylic acids is 3. The van der Waals surface area contributed by atoms with E-state index in [-0.39, 0.29) is 30.7 Å². The zero-order valence-corrected chi connectivity index (χ0v) is 11.7. The lowest BCUT2D eigenvalue weighted by molar-refractivity contribution is -0.192. The van der Waals surface area contributed by atoms with Gasteiger partial charge in [-0.1, -0.05) is 13.8 Å². The molecule has 5 atom stereocenters. The number of ether oxygens (including phenoxy) is 2. The average Bonchev–Trinajstić information content (AvgIpc) is 2.92. The Hall–Kier alpha value is -1.39. The molecule has 0 N–H and O–H groups in total. The van der Waals surface area contributed by atoms with Gasteiger partial charge in [-0.25, -0.2) is 0 Å². The van der Waals surface area contributed by atoms with Gasteiger partial charge in [0.25, 0.3) is 0 Å². The zero-order valence-electron chi connectivity index (χ0n) is 11.7. The van der Waals surface area contributed by atoms with Gasteiger partial charge in [0.2, 0.25) is 0 Å². The van der Waals surface area contributed by atoms with E-state index in [0.29, 0.717) is 6.42 Å². The number of ketones is 1. The summed E-state index contributed by atoms with van der Waals surface area (Å²) in [5.41, 5.74) is -1.82. The third-order valence-corrected chi connectivity index (χ3v) is 6.55. The Morgan fingerprint density at radius 1 is 1.20 bits per heavy atom. The van der Waals surface area contributed by atoms with Crippen molar-refractivity contribution in [2.75, 3.05) is 6.61 Å². The number of carbonyl (C=O) groups is 3. The van der Waals surface area contributed by atoms with Gasteiger partial charge < -0.3 is 9.47 Å². The highest BCUT2D eigenvalue weighted by Crippen LogP contribution is 2.72. The molecule has 1 unspecified atom stereocenters. The molecule has 0 aromatic rings. The molecule has 108 valence electrons. The molecule has 0 bridgehead atoms. The predicted molar refractivity (Wildman–Crippen MR) is 66.5 cm³/mol. The fourth-order valence-corrected chi connectivity index (χ4v) is 5.55. The number of cyclic esters (lactones) is 1. The highest BCUT2D eigenvalue weighted by molar-refractivity contribution is 6.03. The SMILES string of the molecule is C[C@@H]1CC[C@]23OC(=O)CC12CC(=O)[C@H]1C(=O)OC[C@]13C. The van der Waals surface area contributed by atoms with Crippen LogP contribution in [0.4, 0.5) is 0 Å². The standard InChI is InChI=1S/C15H18O5/c1-8-3-4-15-13(2)7-19-12(18)11(13)9(16)5-14(8,15)6-10(17)20-15/h8,11H,3-7H2,1-2H3/t8-,11+,13-,14?,15-/m1/s1. The van der Waals surface area contributed by atoms with Crippen LogP contribution < -0.4 is 0 Å². The number of rotatable bonds is 0. The van der Waals surface area contributed by atoms with Crippen molar-refractivity contribution >= 4 is 17.7 Å². The van der Waals surface area contributed by atoms with Crippen molar-refractivity contribution in [2.45, 2.75) is 45.1 Å². The summed E-state index contributed by atoms with van der Waals surface area (Å²) in [7, 11) is 0. The third-order valence-electron chi connectivity index (χ3n) is 6.55. The molecule has 2 aliphatic heterocycles. The summed E-state index contributed by atoms with van der Waals surface area (Å²) in [5, 5.41) is 0. The molecular formula is C15H18O5. The van der Waals surface area contributed by atoms with E-state index in [1.807, 2.05) is 6.92 Å². The van der Waals surface area contributed by atoms with Gasteiger partial charge in [0.15, 0.2) is 0 Å². The molecule has 0 amide bonds. The minimum absolute atomic E-state index is 0.0716. The molecule has 0 spiro atoms. The molecule has 4 fully saturated rings. The largest absolute Gasteiger partial charge is 0.464 e. The van der Waals surface area contributed by atoms with E-state index in [9.17, 15) is 14.4 Å². The minimum atomic E-state index is -0.758. The number of hydrogen-bond donors (Lipinski definition) is 0. The third kappa shape index (κ3) is 1.00. The number of esters is 2. The van der Waals surface area contributed by atoms with Gasteiger partial charge in [-0.2, -0.15) is 0 Å². The minimum Gasteiger partial charge on any atom is -0.464 e. The predicted octanol–water partition coefficient (Wildman–Crippen LogP) is 1.24. The van der Waals surface area contributed by atoms with Crippen molar-refractivity contribution in [1.82, 2.24) is 0 Å². The lowest BCUT2D eigenvalue weighted by atomic mass is 9.48. The molecule has 0 aromatic carbocycles. The first-order valence-electron chi connectivity index (χ1n) is 7.28. The Morgan fingerprint density at radius 3 is 2.70 bits per heavy atom. The molecule has 5 heteroatoms. The Balaban J connectivity index is 1.96. The second kappa shape index (κ2) is 3.26. The highest BCUT2D eigenvalue weighted by Gasteiger charge is 2.80. The van der Waals surface area contributed by atoms with Crippen molar-refractivity contribution in [3.05, 3.63) is 0 Å². The quantitative estimate of drug-likeness (QED) is 0.492. The van der Waals surface area contributed by atoms with Crippen LogP contribution in [0.1, 0.15) is 39.5 Å². The highest BCUT2D eigenvalue weighted by atomic mass is 16.6. The normalized spacial score (nSPS) is 53.2. The van der Waals surface area contributed by atoms with Gasteiger partial charge in [-0.3, -0.25) is 14.4 Å². The first kappa shape index (κ1) is 12.4. The van der Waals surface area contributed by atoms with Gasteiger partial charge in [0.05, 0.1) is 11.8 Å². The summed E-state index contributed by atoms with van der Waals surface area (Å²) < 4.78 is 11.0. The summed E-state index contributed by atoms with van der Waals surface area (Å²) in [5.74, 6) is -1.25. The van der Waals surface area contributed by atoms with Crippen LogP contribution in [-0.4, -0.2) is 29.9 Å². The molecule has 2 saturated carbocycles. The van der Waals surface area contributed by atoms with Crippen LogP contribution >= 0.6 is 0 Å². The maximum Gasteiger partial charge on any atom is 0.317 e. The average molecular weight is 278 g/mol. The van der Waals surface area contributed by atoms with Crippen LogP contribution in [0.25, 0.3) is 0 Å². The van der Waals surface area contributed by atoms with Crippen molar-refractivity contribution in [1.29, 1.82) is 0 Å². The Kier molecular flexibility index (Phi) is 2.01. The monoisotopic (exact) mass is 278 g/mol. The Labute approximate surface area is 117 Å². The van der Waals surface area contributed by atoms with E-state index in [1.54, 1.807) is 0 Å². The molecule has 2 heterocycles. The Morgan fingerprint density at radius 2 is 1.95 bits per heavy atom. The van der Waals surface area contributed by atoms with Crippen molar-refractivity contribution < 1.29 is 23.9 Å². The molecule has 5 nitrogen and oxygen atoms in total. The van der Waals surface area contributed by atoms with Crippen LogP contribution in [0.5, 0.6) is 0 Å². The molecule has 0 aromatic heterocycles. The van der Waals surface area contributed by atoms with Crippen LogP contribution in [0, 0.1) is 22.7 Å². The van der Waals surface area contributed by atoms with Crippen LogP contribution in [0.3, 0.4) is 0 Å². The van der Waals surface area contributed by atoms with E-state index >= 15 is 0 Å². The molecule has 2 saturated heterocycles. The van der Waals surface area contributed by atoms with Gasteiger partial charge in [-0.15, -0.1) is 0 Å². The van der Waals surface area contributed by atoms with Crippen molar-refractivity contribution in [3.8, 4) is 0 Å². The van der Waals surface area contributed by atoms with Crippen molar-refractivity contribution in [3.63, 3.8) is 0 Å². The molecule has 2 aliphatic carbocycles. The van der Waals surface area contributed by atoms with Crippen LogP contribution in [0.15, 0.2) is 0 Å². The van der Waals surface area contributed by atoms with Crippen molar-refractivity contribution in [2.24, 2.45) is 22.7 Å². The second-order valence-corrected chi connectivity index (χ2v) is 7.18.